The van der Waals surface area contributed by atoms with Gasteiger partial charge in [-0.3, -0.25) is 0 Å². The summed E-state index contributed by atoms with van der Waals surface area (Å²) in [6.45, 7) is 5.67. The summed E-state index contributed by atoms with van der Waals surface area (Å²) in [4.78, 5) is 19.6. The maximum atomic E-state index is 12.0. The number of carbonyl (C=O) groups is 1. The summed E-state index contributed by atoms with van der Waals surface area (Å²) in [6, 6.07) is 16.9. The molecule has 0 atom stereocenters. The van der Waals surface area contributed by atoms with E-state index in [9.17, 15) is 4.79 Å². The Morgan fingerprint density at radius 1 is 0.917 bits per heavy atom. The number of hydrogen-bond acceptors (Lipinski definition) is 10. The smallest absolute Gasteiger partial charge is 0.338 e. The fraction of sp³-hybridized carbons (Fsp3) is 0.308. The fourth-order valence-electron chi connectivity index (χ4n) is 3.31. The Morgan fingerprint density at radius 3 is 2.28 bits per heavy atom. The van der Waals surface area contributed by atoms with E-state index in [0.29, 0.717) is 23.0 Å². The molecule has 10 heteroatoms. The van der Waals surface area contributed by atoms with Gasteiger partial charge in [-0.1, -0.05) is 42.9 Å². The maximum absolute atomic E-state index is 12.0. The minimum Gasteiger partial charge on any atom is -0.462 e. The van der Waals surface area contributed by atoms with Crippen LogP contribution in [0.1, 0.15) is 43.5 Å². The van der Waals surface area contributed by atoms with Gasteiger partial charge in [-0.2, -0.15) is 0 Å². The molecule has 0 amide bonds. The highest BCUT2D eigenvalue weighted by atomic mass is 32.1. The Balaban J connectivity index is 1.35. The first kappa shape index (κ1) is 25.6. The second-order valence-electron chi connectivity index (χ2n) is 8.12. The minimum absolute atomic E-state index is 0.318. The molecule has 2 aromatic carbocycles. The number of benzene rings is 2. The first-order chi connectivity index (χ1) is 17.6. The van der Waals surface area contributed by atoms with Crippen LogP contribution in [0.3, 0.4) is 0 Å². The van der Waals surface area contributed by atoms with Crippen molar-refractivity contribution < 1.29 is 9.53 Å². The molecule has 0 aliphatic heterocycles. The maximum Gasteiger partial charge on any atom is 0.338 e. The summed E-state index contributed by atoms with van der Waals surface area (Å²) in [7, 11) is 2.08. The fourth-order valence-corrected chi connectivity index (χ4v) is 5.16. The summed E-state index contributed by atoms with van der Waals surface area (Å²) in [5.74, 6) is -0.318. The molecule has 0 unspecified atom stereocenters. The predicted molar refractivity (Wildman–Crippen MR) is 147 cm³/mol. The van der Waals surface area contributed by atoms with E-state index in [1.165, 1.54) is 22.7 Å². The zero-order valence-corrected chi connectivity index (χ0v) is 22.2. The third-order valence-electron chi connectivity index (χ3n) is 5.26. The number of ether oxygens (including phenoxy) is 1. The summed E-state index contributed by atoms with van der Waals surface area (Å²) >= 11 is 2.91. The molecular weight excluding hydrogens is 492 g/mol. The van der Waals surface area contributed by atoms with Gasteiger partial charge in [0.2, 0.25) is 5.13 Å². The third-order valence-corrected chi connectivity index (χ3v) is 7.19. The van der Waals surface area contributed by atoms with Crippen LogP contribution in [-0.2, 0) is 4.74 Å². The summed E-state index contributed by atoms with van der Waals surface area (Å²) in [6.07, 6.45) is 2.95. The van der Waals surface area contributed by atoms with Crippen LogP contribution in [0.2, 0.25) is 0 Å². The summed E-state index contributed by atoms with van der Waals surface area (Å²) in [5.41, 5.74) is 3.11. The average molecular weight is 521 g/mol. The van der Waals surface area contributed by atoms with Crippen LogP contribution in [0.25, 0.3) is 9.53 Å². The van der Waals surface area contributed by atoms with Crippen LogP contribution in [0, 0.1) is 0 Å². The number of rotatable bonds is 11. The Hall–Kier alpha value is -3.50. The third kappa shape index (κ3) is 6.79. The van der Waals surface area contributed by atoms with E-state index in [-0.39, 0.29) is 5.97 Å². The van der Waals surface area contributed by atoms with E-state index in [1.54, 1.807) is 24.3 Å². The van der Waals surface area contributed by atoms with E-state index in [4.69, 9.17) is 4.74 Å². The van der Waals surface area contributed by atoms with Crippen molar-refractivity contribution in [1.29, 1.82) is 0 Å². The lowest BCUT2D eigenvalue weighted by Gasteiger charge is -2.17. The molecule has 4 rings (SSSR count). The van der Waals surface area contributed by atoms with Crippen molar-refractivity contribution >= 4 is 65.4 Å². The zero-order chi connectivity index (χ0) is 25.3. The largest absolute Gasteiger partial charge is 0.462 e. The molecule has 2 aromatic heterocycles. The van der Waals surface area contributed by atoms with Gasteiger partial charge in [-0.25, -0.2) is 9.78 Å². The van der Waals surface area contributed by atoms with Crippen molar-refractivity contribution in [3.05, 3.63) is 60.2 Å². The molecule has 0 aliphatic carbocycles. The number of nitrogens with zero attached hydrogens (tertiary/aromatic N) is 6. The predicted octanol–water partition coefficient (Wildman–Crippen LogP) is 8.99. The van der Waals surface area contributed by atoms with Crippen molar-refractivity contribution in [2.45, 2.75) is 33.1 Å². The number of anilines is 1. The van der Waals surface area contributed by atoms with Gasteiger partial charge in [0.25, 0.3) is 0 Å². The molecule has 0 saturated carbocycles. The molecule has 4 aromatic rings. The molecule has 0 bridgehead atoms. The number of esters is 1. The Labute approximate surface area is 218 Å². The number of azo groups is 2. The van der Waals surface area contributed by atoms with Gasteiger partial charge < -0.3 is 9.64 Å². The molecule has 0 N–H and O–H groups in total. The van der Waals surface area contributed by atoms with Crippen molar-refractivity contribution in [2.75, 3.05) is 25.1 Å². The van der Waals surface area contributed by atoms with E-state index < -0.39 is 0 Å². The lowest BCUT2D eigenvalue weighted by Crippen LogP contribution is -2.17. The first-order valence-electron chi connectivity index (χ1n) is 11.9. The van der Waals surface area contributed by atoms with Gasteiger partial charge in [0, 0.05) is 19.3 Å². The number of unbranched alkanes of at least 4 members (excludes halogenated alkanes) is 1. The Bertz CT molecular complexity index is 1310. The Kier molecular flexibility index (Phi) is 8.85. The van der Waals surface area contributed by atoms with Crippen LogP contribution in [-0.4, -0.2) is 31.2 Å². The topological polar surface area (TPSA) is 91.9 Å². The second kappa shape index (κ2) is 12.5. The second-order valence-corrected chi connectivity index (χ2v) is 10.1. The van der Waals surface area contributed by atoms with E-state index in [1.807, 2.05) is 18.2 Å². The monoisotopic (exact) mass is 520 g/mol. The molecule has 0 saturated heterocycles. The quantitative estimate of drug-likeness (QED) is 0.112. The number of thiophene rings is 1. The van der Waals surface area contributed by atoms with Crippen molar-refractivity contribution in [3.8, 4) is 0 Å². The van der Waals surface area contributed by atoms with Crippen molar-refractivity contribution in [2.24, 2.45) is 20.5 Å². The number of hydrogen-bond donors (Lipinski definition) is 0. The van der Waals surface area contributed by atoms with E-state index in [2.05, 4.69) is 63.4 Å². The van der Waals surface area contributed by atoms with Crippen LogP contribution in [0.5, 0.6) is 0 Å². The number of thiazole rings is 1. The SMILES string of the molecule is CCCCOC(=O)c1ccc(N=Nc2cc3sc(N=Nc4ccc(N(C)CCC)cc4)nc3s2)cc1. The van der Waals surface area contributed by atoms with Crippen molar-refractivity contribution in [3.63, 3.8) is 0 Å². The lowest BCUT2D eigenvalue weighted by molar-refractivity contribution is 0.0500. The van der Waals surface area contributed by atoms with Gasteiger partial charge in [-0.15, -0.1) is 20.5 Å². The van der Waals surface area contributed by atoms with Gasteiger partial charge in [0.15, 0.2) is 0 Å². The van der Waals surface area contributed by atoms with Gasteiger partial charge in [0.05, 0.1) is 28.2 Å². The highest BCUT2D eigenvalue weighted by Crippen LogP contribution is 2.39. The molecule has 8 nitrogen and oxygen atoms in total. The normalized spacial score (nSPS) is 11.6. The Morgan fingerprint density at radius 2 is 1.61 bits per heavy atom. The van der Waals surface area contributed by atoms with E-state index >= 15 is 0 Å². The molecule has 36 heavy (non-hydrogen) atoms. The highest BCUT2D eigenvalue weighted by molar-refractivity contribution is 7.30. The van der Waals surface area contributed by atoms with Crippen LogP contribution < -0.4 is 4.90 Å². The van der Waals surface area contributed by atoms with Crippen LogP contribution in [0.15, 0.2) is 75.1 Å². The minimum atomic E-state index is -0.318. The molecule has 186 valence electrons. The molecule has 0 fully saturated rings. The standard InChI is InChI=1S/C26H28N6O2S2/c1-4-6-16-34-25(33)18-7-9-19(10-8-18)28-30-23-17-22-24(36-23)27-26(35-22)31-29-20-11-13-21(14-12-20)32(3)15-5-2/h7-14,17H,4-6,15-16H2,1-3H3. The first-order valence-corrected chi connectivity index (χ1v) is 13.5. The number of aromatic nitrogens is 1. The van der Waals surface area contributed by atoms with Crippen LogP contribution in [0.4, 0.5) is 27.2 Å². The molecule has 0 radical (unpaired) electrons. The molecule has 0 spiro atoms. The van der Waals surface area contributed by atoms with Gasteiger partial charge >= 0.3 is 5.97 Å². The molecule has 2 heterocycles. The van der Waals surface area contributed by atoms with Crippen LogP contribution >= 0.6 is 22.7 Å². The molecular formula is C26H28N6O2S2. The lowest BCUT2D eigenvalue weighted by atomic mass is 10.2. The summed E-state index contributed by atoms with van der Waals surface area (Å²) < 4.78 is 6.21. The number of fused-ring (bicyclic) bond motifs is 1. The number of carbonyl (C=O) groups excluding carboxylic acids is 1. The highest BCUT2D eigenvalue weighted by Gasteiger charge is 2.09. The zero-order valence-electron chi connectivity index (χ0n) is 20.5. The van der Waals surface area contributed by atoms with Gasteiger partial charge in [-0.05, 0) is 67.4 Å². The molecule has 0 aliphatic rings. The van der Waals surface area contributed by atoms with Gasteiger partial charge in [0.1, 0.15) is 9.83 Å². The average Bonchev–Trinajstić information content (AvgIpc) is 3.45. The van der Waals surface area contributed by atoms with E-state index in [0.717, 1.165) is 51.7 Å². The van der Waals surface area contributed by atoms with Crippen molar-refractivity contribution in [1.82, 2.24) is 4.98 Å². The summed E-state index contributed by atoms with van der Waals surface area (Å²) in [5, 5.41) is 18.6.